The normalized spacial score (nSPS) is 22.6. The molecule has 1 aromatic carbocycles. The van der Waals surface area contributed by atoms with Crippen LogP contribution in [0.3, 0.4) is 0 Å². The summed E-state index contributed by atoms with van der Waals surface area (Å²) in [4.78, 5) is 0.410. The highest BCUT2D eigenvalue weighted by atomic mass is 32.2. The molecule has 1 N–H and O–H groups in total. The third-order valence-electron chi connectivity index (χ3n) is 4.51. The predicted octanol–water partition coefficient (Wildman–Crippen LogP) is 2.50. The summed E-state index contributed by atoms with van der Waals surface area (Å²) in [6, 6.07) is 8.00. The highest BCUT2D eigenvalue weighted by Crippen LogP contribution is 2.33. The van der Waals surface area contributed by atoms with Crippen LogP contribution in [-0.4, -0.2) is 30.8 Å². The van der Waals surface area contributed by atoms with Gasteiger partial charge in [-0.25, -0.2) is 8.42 Å². The van der Waals surface area contributed by atoms with E-state index in [1.165, 1.54) is 12.8 Å². The maximum atomic E-state index is 12.7. The van der Waals surface area contributed by atoms with Crippen LogP contribution in [0.4, 0.5) is 0 Å². The van der Waals surface area contributed by atoms with E-state index in [2.05, 4.69) is 5.32 Å². The molecule has 1 aromatic rings. The lowest BCUT2D eigenvalue weighted by Gasteiger charge is -2.30. The van der Waals surface area contributed by atoms with Crippen LogP contribution in [0.5, 0.6) is 0 Å². The lowest BCUT2D eigenvalue weighted by Crippen LogP contribution is -2.42. The lowest BCUT2D eigenvalue weighted by atomic mass is 10.0. The van der Waals surface area contributed by atoms with Gasteiger partial charge in [-0.05, 0) is 57.2 Å². The second kappa shape index (κ2) is 5.38. The topological polar surface area (TPSA) is 49.4 Å². The van der Waals surface area contributed by atoms with Crippen molar-refractivity contribution >= 4 is 10.0 Å². The fraction of sp³-hybridized carbons (Fsp3) is 0.625. The minimum absolute atomic E-state index is 0.273. The van der Waals surface area contributed by atoms with E-state index >= 15 is 0 Å². The summed E-state index contributed by atoms with van der Waals surface area (Å²) in [7, 11) is -3.37. The van der Waals surface area contributed by atoms with Gasteiger partial charge in [-0.1, -0.05) is 12.1 Å². The number of rotatable bonds is 5. The molecule has 1 saturated heterocycles. The molecule has 2 fully saturated rings. The second-order valence-electron chi connectivity index (χ2n) is 6.79. The molecule has 116 valence electrons. The summed E-state index contributed by atoms with van der Waals surface area (Å²) in [5.74, 6) is 0. The number of nitrogens with zero attached hydrogens (tertiary/aromatic N) is 1. The van der Waals surface area contributed by atoms with Crippen molar-refractivity contribution < 1.29 is 8.42 Å². The molecule has 1 heterocycles. The molecule has 0 unspecified atom stereocenters. The molecule has 0 aromatic heterocycles. The molecular weight excluding hydrogens is 284 g/mol. The molecule has 4 nitrogen and oxygen atoms in total. The first-order valence-corrected chi connectivity index (χ1v) is 9.19. The molecule has 0 spiro atoms. The van der Waals surface area contributed by atoms with Gasteiger partial charge in [-0.3, -0.25) is 0 Å². The van der Waals surface area contributed by atoms with Gasteiger partial charge in [-0.15, -0.1) is 0 Å². The molecule has 0 radical (unpaired) electrons. The third-order valence-corrected chi connectivity index (χ3v) is 6.63. The molecule has 21 heavy (non-hydrogen) atoms. The van der Waals surface area contributed by atoms with Crippen molar-refractivity contribution in [2.45, 2.75) is 62.6 Å². The highest BCUT2D eigenvalue weighted by molar-refractivity contribution is 7.89. The number of benzene rings is 1. The molecule has 3 rings (SSSR count). The van der Waals surface area contributed by atoms with Crippen LogP contribution in [0.25, 0.3) is 0 Å². The molecule has 1 saturated carbocycles. The average Bonchev–Trinajstić information content (AvgIpc) is 3.19. The SMILES string of the molecule is CC1(C)CCCN1S(=O)(=O)c1ccc(CNC2CC2)cc1. The summed E-state index contributed by atoms with van der Waals surface area (Å²) >= 11 is 0. The Hall–Kier alpha value is -0.910. The molecular formula is C16H24N2O2S. The first-order valence-electron chi connectivity index (χ1n) is 7.75. The maximum absolute atomic E-state index is 12.7. The van der Waals surface area contributed by atoms with Crippen molar-refractivity contribution in [3.63, 3.8) is 0 Å². The highest BCUT2D eigenvalue weighted by Gasteiger charge is 2.40. The zero-order chi connectivity index (χ0) is 15.1. The number of nitrogens with one attached hydrogen (secondary N) is 1. The molecule has 0 bridgehead atoms. The molecule has 5 heteroatoms. The fourth-order valence-electron chi connectivity index (χ4n) is 2.98. The van der Waals surface area contributed by atoms with E-state index in [4.69, 9.17) is 0 Å². The Morgan fingerprint density at radius 2 is 1.90 bits per heavy atom. The average molecular weight is 308 g/mol. The quantitative estimate of drug-likeness (QED) is 0.909. The van der Waals surface area contributed by atoms with Gasteiger partial charge in [0.05, 0.1) is 4.90 Å². The monoisotopic (exact) mass is 308 g/mol. The first kappa shape index (κ1) is 15.0. The second-order valence-corrected chi connectivity index (χ2v) is 8.65. The standard InChI is InChI=1S/C16H24N2O2S/c1-16(2)10-3-11-18(16)21(19,20)15-8-4-13(5-9-15)12-17-14-6-7-14/h4-5,8-9,14,17H,3,6-7,10-12H2,1-2H3. The Bertz CT molecular complexity index is 604. The Balaban J connectivity index is 1.75. The van der Waals surface area contributed by atoms with Gasteiger partial charge in [0.2, 0.25) is 10.0 Å². The Morgan fingerprint density at radius 1 is 1.24 bits per heavy atom. The predicted molar refractivity (Wildman–Crippen MR) is 83.5 cm³/mol. The van der Waals surface area contributed by atoms with E-state index in [9.17, 15) is 8.42 Å². The van der Waals surface area contributed by atoms with Crippen LogP contribution in [0.15, 0.2) is 29.2 Å². The van der Waals surface area contributed by atoms with E-state index in [0.717, 1.165) is 24.9 Å². The van der Waals surface area contributed by atoms with E-state index in [-0.39, 0.29) is 5.54 Å². The van der Waals surface area contributed by atoms with Gasteiger partial charge >= 0.3 is 0 Å². The summed E-state index contributed by atoms with van der Waals surface area (Å²) < 4.78 is 27.1. The molecule has 1 aliphatic carbocycles. The van der Waals surface area contributed by atoms with Crippen LogP contribution in [0.1, 0.15) is 45.1 Å². The van der Waals surface area contributed by atoms with Gasteiger partial charge in [0, 0.05) is 24.7 Å². The van der Waals surface area contributed by atoms with Crippen LogP contribution in [-0.2, 0) is 16.6 Å². The maximum Gasteiger partial charge on any atom is 0.243 e. The Morgan fingerprint density at radius 3 is 2.43 bits per heavy atom. The molecule has 0 atom stereocenters. The van der Waals surface area contributed by atoms with Gasteiger partial charge in [0.25, 0.3) is 0 Å². The van der Waals surface area contributed by atoms with Crippen LogP contribution < -0.4 is 5.32 Å². The number of hydrogen-bond donors (Lipinski definition) is 1. The summed E-state index contributed by atoms with van der Waals surface area (Å²) in [6.07, 6.45) is 4.39. The van der Waals surface area contributed by atoms with Crippen molar-refractivity contribution in [1.82, 2.24) is 9.62 Å². The summed E-state index contributed by atoms with van der Waals surface area (Å²) in [5, 5.41) is 3.44. The molecule has 2 aliphatic rings. The zero-order valence-electron chi connectivity index (χ0n) is 12.8. The fourth-order valence-corrected chi connectivity index (χ4v) is 4.83. The van der Waals surface area contributed by atoms with Crippen LogP contribution >= 0.6 is 0 Å². The van der Waals surface area contributed by atoms with Gasteiger partial charge < -0.3 is 5.32 Å². The van der Waals surface area contributed by atoms with E-state index in [1.54, 1.807) is 16.4 Å². The minimum Gasteiger partial charge on any atom is -0.310 e. The van der Waals surface area contributed by atoms with Crippen LogP contribution in [0.2, 0.25) is 0 Å². The Labute approximate surface area is 127 Å². The molecule has 0 amide bonds. The van der Waals surface area contributed by atoms with Crippen molar-refractivity contribution in [2.24, 2.45) is 0 Å². The van der Waals surface area contributed by atoms with Crippen molar-refractivity contribution in [3.8, 4) is 0 Å². The van der Waals surface area contributed by atoms with E-state index in [0.29, 0.717) is 17.5 Å². The van der Waals surface area contributed by atoms with E-state index < -0.39 is 10.0 Å². The van der Waals surface area contributed by atoms with E-state index in [1.807, 2.05) is 26.0 Å². The summed E-state index contributed by atoms with van der Waals surface area (Å²) in [5.41, 5.74) is 0.868. The van der Waals surface area contributed by atoms with Crippen molar-refractivity contribution in [3.05, 3.63) is 29.8 Å². The number of hydrogen-bond acceptors (Lipinski definition) is 3. The number of sulfonamides is 1. The smallest absolute Gasteiger partial charge is 0.243 e. The van der Waals surface area contributed by atoms with Crippen LogP contribution in [0, 0.1) is 0 Å². The Kier molecular flexibility index (Phi) is 3.84. The van der Waals surface area contributed by atoms with Gasteiger partial charge in [0.1, 0.15) is 0 Å². The minimum atomic E-state index is -3.37. The lowest BCUT2D eigenvalue weighted by molar-refractivity contribution is 0.291. The summed E-state index contributed by atoms with van der Waals surface area (Å²) in [6.45, 7) is 5.46. The third kappa shape index (κ3) is 3.15. The van der Waals surface area contributed by atoms with Gasteiger partial charge in [-0.2, -0.15) is 4.31 Å². The van der Waals surface area contributed by atoms with Gasteiger partial charge in [0.15, 0.2) is 0 Å². The largest absolute Gasteiger partial charge is 0.310 e. The molecule has 1 aliphatic heterocycles. The van der Waals surface area contributed by atoms with Crippen molar-refractivity contribution in [2.75, 3.05) is 6.54 Å². The van der Waals surface area contributed by atoms with Crippen molar-refractivity contribution in [1.29, 1.82) is 0 Å². The zero-order valence-corrected chi connectivity index (χ0v) is 13.6. The first-order chi connectivity index (χ1) is 9.89.